The number of nitrogens with one attached hydrogen (secondary N) is 1. The molecule has 2 aliphatic rings. The Balaban J connectivity index is 2.21. The van der Waals surface area contributed by atoms with Crippen molar-refractivity contribution in [3.05, 3.63) is 0 Å². The van der Waals surface area contributed by atoms with E-state index in [0.29, 0.717) is 0 Å². The molecule has 2 aliphatic heterocycles. The van der Waals surface area contributed by atoms with Gasteiger partial charge in [-0.3, -0.25) is 4.79 Å². The summed E-state index contributed by atoms with van der Waals surface area (Å²) in [5.41, 5.74) is 0. The van der Waals surface area contributed by atoms with Crippen molar-refractivity contribution in [1.82, 2.24) is 5.32 Å². The molecule has 0 aliphatic carbocycles. The normalized spacial score (nSPS) is 46.8. The molecule has 2 heterocycles. The first kappa shape index (κ1) is 21.3. The van der Waals surface area contributed by atoms with E-state index in [2.05, 4.69) is 5.32 Å². The van der Waals surface area contributed by atoms with Gasteiger partial charge in [-0.2, -0.15) is 0 Å². The molecule has 11 nitrogen and oxygen atoms in total. The first-order chi connectivity index (χ1) is 12.2. The van der Waals surface area contributed by atoms with E-state index in [-0.39, 0.29) is 0 Å². The van der Waals surface area contributed by atoms with Crippen LogP contribution < -0.4 is 5.32 Å². The van der Waals surface area contributed by atoms with Crippen LogP contribution in [0.3, 0.4) is 0 Å². The van der Waals surface area contributed by atoms with Crippen molar-refractivity contribution < 1.29 is 54.0 Å². The number of amides is 1. The number of hydrogen-bond acceptors (Lipinski definition) is 10. The minimum atomic E-state index is -2.14. The van der Waals surface area contributed by atoms with Crippen molar-refractivity contribution in [1.29, 1.82) is 0 Å². The van der Waals surface area contributed by atoms with Gasteiger partial charge in [0, 0.05) is 6.92 Å². The topological polar surface area (TPSA) is 178 Å². The van der Waals surface area contributed by atoms with E-state index < -0.39 is 80.5 Å². The fourth-order valence-corrected chi connectivity index (χ4v) is 2.94. The summed E-state index contributed by atoms with van der Waals surface area (Å²) in [6, 6.07) is -1.50. The van der Waals surface area contributed by atoms with Crippen molar-refractivity contribution >= 4 is 5.91 Å². The predicted molar refractivity (Wildman–Crippen MR) is 79.1 cm³/mol. The number of alkyl halides is 1. The quantitative estimate of drug-likeness (QED) is 0.245. The zero-order chi connectivity index (χ0) is 19.6. The zero-order valence-corrected chi connectivity index (χ0v) is 13.9. The van der Waals surface area contributed by atoms with E-state index in [1.807, 2.05) is 0 Å². The monoisotopic (exact) mass is 385 g/mol. The highest BCUT2D eigenvalue weighted by Gasteiger charge is 2.51. The molecule has 0 bridgehead atoms. The maximum Gasteiger partial charge on any atom is 0.222 e. The van der Waals surface area contributed by atoms with Crippen LogP contribution in [0, 0.1) is 0 Å². The summed E-state index contributed by atoms with van der Waals surface area (Å²) in [7, 11) is 0. The van der Waals surface area contributed by atoms with Crippen LogP contribution in [-0.4, -0.2) is 111 Å². The van der Waals surface area contributed by atoms with E-state index in [4.69, 9.17) is 14.2 Å². The number of carbonyl (C=O) groups excluding carboxylic acids is 1. The summed E-state index contributed by atoms with van der Waals surface area (Å²) in [6.07, 6.45) is -14.7. The molecule has 5 unspecified atom stereocenters. The molecule has 1 amide bonds. The van der Waals surface area contributed by atoms with Gasteiger partial charge in [-0.05, 0) is 0 Å². The molecule has 10 atom stereocenters. The molecule has 2 rings (SSSR count). The van der Waals surface area contributed by atoms with Crippen molar-refractivity contribution in [3.63, 3.8) is 0 Å². The third-order valence-corrected chi connectivity index (χ3v) is 4.35. The summed E-state index contributed by atoms with van der Waals surface area (Å²) in [6.45, 7) is -0.355. The van der Waals surface area contributed by atoms with Gasteiger partial charge in [-0.1, -0.05) is 0 Å². The van der Waals surface area contributed by atoms with Gasteiger partial charge in [0.25, 0.3) is 0 Å². The molecule has 0 aromatic rings. The molecule has 0 radical (unpaired) electrons. The standard InChI is InChI=1S/C14H24FNO10/c1-4(19)16-7-12(9(21)6(3-18)24-13(7)15)26-14-11(23)10(22)8(20)5(2-17)25-14/h5-14,17-18,20-23H,2-3H2,1H3,(H,16,19)/t5?,6?,7?,8-,9+,10-,11?,12+,13?,14-/m0/s1. The number of carbonyl (C=O) groups is 1. The first-order valence-corrected chi connectivity index (χ1v) is 8.02. The Morgan fingerprint density at radius 3 is 2.12 bits per heavy atom. The van der Waals surface area contributed by atoms with Gasteiger partial charge in [0.1, 0.15) is 48.8 Å². The Hall–Kier alpha value is -0.960. The van der Waals surface area contributed by atoms with Crippen LogP contribution in [0.15, 0.2) is 0 Å². The first-order valence-electron chi connectivity index (χ1n) is 8.02. The zero-order valence-electron chi connectivity index (χ0n) is 13.9. The van der Waals surface area contributed by atoms with E-state index in [9.17, 15) is 39.8 Å². The average molecular weight is 385 g/mol. The van der Waals surface area contributed by atoms with Crippen LogP contribution in [0.4, 0.5) is 4.39 Å². The third-order valence-electron chi connectivity index (χ3n) is 4.35. The molecule has 2 fully saturated rings. The van der Waals surface area contributed by atoms with Gasteiger partial charge in [-0.25, -0.2) is 4.39 Å². The Morgan fingerprint density at radius 1 is 1.00 bits per heavy atom. The average Bonchev–Trinajstić information content (AvgIpc) is 2.60. The summed E-state index contributed by atoms with van der Waals surface area (Å²) in [5, 5.41) is 60.4. The van der Waals surface area contributed by atoms with E-state index in [1.165, 1.54) is 0 Å². The largest absolute Gasteiger partial charge is 0.394 e. The number of rotatable bonds is 5. The molecule has 0 saturated carbocycles. The lowest BCUT2D eigenvalue weighted by Crippen LogP contribution is -2.67. The highest BCUT2D eigenvalue weighted by molar-refractivity contribution is 5.73. The molecule has 26 heavy (non-hydrogen) atoms. The molecule has 0 aromatic heterocycles. The summed E-state index contributed by atoms with van der Waals surface area (Å²) >= 11 is 0. The Morgan fingerprint density at radius 2 is 1.58 bits per heavy atom. The minimum absolute atomic E-state index is 0.654. The van der Waals surface area contributed by atoms with Crippen LogP contribution in [0.5, 0.6) is 0 Å². The maximum atomic E-state index is 14.2. The van der Waals surface area contributed by atoms with Crippen LogP contribution in [0.1, 0.15) is 6.92 Å². The molecule has 2 saturated heterocycles. The van der Waals surface area contributed by atoms with Crippen LogP contribution in [0.25, 0.3) is 0 Å². The molecular weight excluding hydrogens is 361 g/mol. The van der Waals surface area contributed by atoms with Crippen molar-refractivity contribution in [3.8, 4) is 0 Å². The second kappa shape index (κ2) is 8.82. The Bertz CT molecular complexity index is 483. The van der Waals surface area contributed by atoms with Crippen molar-refractivity contribution in [2.45, 2.75) is 68.3 Å². The SMILES string of the molecule is CC(=O)NC1C(F)OC(CO)[C@@H](O)[C@@H]1O[C@@H]1OC(CO)[C@H](O)[C@H](O)C1O. The molecule has 152 valence electrons. The van der Waals surface area contributed by atoms with Crippen molar-refractivity contribution in [2.24, 2.45) is 0 Å². The highest BCUT2D eigenvalue weighted by atomic mass is 19.1. The molecule has 0 spiro atoms. The Kier molecular flexibility index (Phi) is 7.24. The number of aliphatic hydroxyl groups excluding tert-OH is 6. The predicted octanol–water partition coefficient (Wildman–Crippen LogP) is -4.28. The van der Waals surface area contributed by atoms with Gasteiger partial charge < -0.3 is 50.2 Å². The molecule has 12 heteroatoms. The third kappa shape index (κ3) is 4.30. The number of hydrogen-bond donors (Lipinski definition) is 7. The second-order valence-electron chi connectivity index (χ2n) is 6.22. The fourth-order valence-electron chi connectivity index (χ4n) is 2.94. The van der Waals surface area contributed by atoms with Gasteiger partial charge in [0.05, 0.1) is 13.2 Å². The fraction of sp³-hybridized carbons (Fsp3) is 0.929. The Labute approximate surface area is 147 Å². The lowest BCUT2D eigenvalue weighted by atomic mass is 9.96. The minimum Gasteiger partial charge on any atom is -0.394 e. The summed E-state index contributed by atoms with van der Waals surface area (Å²) in [4.78, 5) is 11.3. The van der Waals surface area contributed by atoms with E-state index in [0.717, 1.165) is 6.92 Å². The number of halogens is 1. The van der Waals surface area contributed by atoms with Crippen molar-refractivity contribution in [2.75, 3.05) is 13.2 Å². The van der Waals surface area contributed by atoms with Crippen LogP contribution >= 0.6 is 0 Å². The van der Waals surface area contributed by atoms with Gasteiger partial charge >= 0.3 is 0 Å². The molecular formula is C14H24FNO10. The number of ether oxygens (including phenoxy) is 3. The second-order valence-corrected chi connectivity index (χ2v) is 6.22. The smallest absolute Gasteiger partial charge is 0.222 e. The van der Waals surface area contributed by atoms with Gasteiger partial charge in [0.2, 0.25) is 12.3 Å². The lowest BCUT2D eigenvalue weighted by molar-refractivity contribution is -0.337. The van der Waals surface area contributed by atoms with Crippen LogP contribution in [0.2, 0.25) is 0 Å². The summed E-state index contributed by atoms with van der Waals surface area (Å²) in [5.74, 6) is -0.654. The molecule has 7 N–H and O–H groups in total. The molecule has 0 aromatic carbocycles. The lowest BCUT2D eigenvalue weighted by Gasteiger charge is -2.46. The van der Waals surface area contributed by atoms with Crippen LogP contribution in [-0.2, 0) is 19.0 Å². The van der Waals surface area contributed by atoms with E-state index in [1.54, 1.807) is 0 Å². The van der Waals surface area contributed by atoms with Gasteiger partial charge in [-0.15, -0.1) is 0 Å². The summed E-state index contributed by atoms with van der Waals surface area (Å²) < 4.78 is 29.6. The van der Waals surface area contributed by atoms with Gasteiger partial charge in [0.15, 0.2) is 6.29 Å². The maximum absolute atomic E-state index is 14.2. The highest BCUT2D eigenvalue weighted by Crippen LogP contribution is 2.29. The van der Waals surface area contributed by atoms with E-state index >= 15 is 0 Å². The number of aliphatic hydroxyl groups is 6.